The molecule has 0 aromatic rings. The van der Waals surface area contributed by atoms with Gasteiger partial charge in [0.1, 0.15) is 0 Å². The van der Waals surface area contributed by atoms with E-state index in [9.17, 15) is 20.1 Å². The van der Waals surface area contributed by atoms with Gasteiger partial charge in [0.25, 0.3) is 0 Å². The van der Waals surface area contributed by atoms with Gasteiger partial charge in [0, 0.05) is 12.8 Å². The highest BCUT2D eigenvalue weighted by Crippen LogP contribution is 2.27. The number of rotatable bonds is 12. The van der Waals surface area contributed by atoms with Crippen LogP contribution in [0.4, 0.5) is 0 Å². The summed E-state index contributed by atoms with van der Waals surface area (Å²) in [5.74, 6) is -0.748. The molecule has 5 atom stereocenters. The average molecular weight is 344 g/mol. The number of aliphatic carboxylic acids is 1. The standard InChI is InChI=1S/C18H32O6/c1-2-13(19)10-11-14(20)17-12-15(21)16(24-17)8-6-4-3-5-7-9-18(22)23/h10-11,13-17,19-21H,2-9,12H2,1H3,(H,22,23)/b11-10+/t13-,14+,15+,16-,17+/m1/s1. The van der Waals surface area contributed by atoms with Gasteiger partial charge in [-0.25, -0.2) is 0 Å². The van der Waals surface area contributed by atoms with Crippen LogP contribution in [0.2, 0.25) is 0 Å². The third-order valence-corrected chi connectivity index (χ3v) is 4.46. The van der Waals surface area contributed by atoms with Crippen LogP contribution in [0, 0.1) is 0 Å². The van der Waals surface area contributed by atoms with Gasteiger partial charge in [0.05, 0.1) is 30.5 Å². The number of aliphatic hydroxyl groups is 3. The topological polar surface area (TPSA) is 107 Å². The van der Waals surface area contributed by atoms with Gasteiger partial charge in [-0.2, -0.15) is 0 Å². The highest BCUT2D eigenvalue weighted by Gasteiger charge is 2.36. The molecule has 0 spiro atoms. The quantitative estimate of drug-likeness (QED) is 0.319. The molecule has 1 rings (SSSR count). The molecule has 1 saturated heterocycles. The van der Waals surface area contributed by atoms with Crippen LogP contribution in [0.15, 0.2) is 12.2 Å². The lowest BCUT2D eigenvalue weighted by atomic mass is 10.0. The van der Waals surface area contributed by atoms with Crippen molar-refractivity contribution in [3.8, 4) is 0 Å². The molecule has 0 aromatic heterocycles. The zero-order valence-corrected chi connectivity index (χ0v) is 14.5. The molecular weight excluding hydrogens is 312 g/mol. The zero-order valence-electron chi connectivity index (χ0n) is 14.5. The number of carboxylic acid groups (broad SMARTS) is 1. The summed E-state index contributed by atoms with van der Waals surface area (Å²) in [5, 5.41) is 38.1. The Balaban J connectivity index is 2.19. The molecule has 1 aliphatic rings. The van der Waals surface area contributed by atoms with Gasteiger partial charge < -0.3 is 25.2 Å². The molecule has 24 heavy (non-hydrogen) atoms. The fourth-order valence-electron chi connectivity index (χ4n) is 2.90. The fraction of sp³-hybridized carbons (Fsp3) is 0.833. The lowest BCUT2D eigenvalue weighted by Crippen LogP contribution is -2.25. The molecule has 0 saturated carbocycles. The molecule has 1 aliphatic heterocycles. The van der Waals surface area contributed by atoms with Crippen molar-refractivity contribution < 1.29 is 30.0 Å². The van der Waals surface area contributed by atoms with Crippen molar-refractivity contribution in [2.75, 3.05) is 0 Å². The smallest absolute Gasteiger partial charge is 0.303 e. The Morgan fingerprint density at radius 2 is 1.83 bits per heavy atom. The summed E-state index contributed by atoms with van der Waals surface area (Å²) in [4.78, 5) is 10.4. The van der Waals surface area contributed by atoms with Crippen molar-refractivity contribution in [1.82, 2.24) is 0 Å². The Hall–Kier alpha value is -0.950. The molecule has 1 heterocycles. The summed E-state index contributed by atoms with van der Waals surface area (Å²) in [5.41, 5.74) is 0. The minimum Gasteiger partial charge on any atom is -0.481 e. The number of hydrogen-bond acceptors (Lipinski definition) is 5. The van der Waals surface area contributed by atoms with Gasteiger partial charge in [-0.05, 0) is 19.3 Å². The predicted octanol–water partition coefficient (Wildman–Crippen LogP) is 2.01. The first kappa shape index (κ1) is 21.1. The Morgan fingerprint density at radius 3 is 2.50 bits per heavy atom. The molecule has 4 N–H and O–H groups in total. The molecule has 0 radical (unpaired) electrons. The van der Waals surface area contributed by atoms with Gasteiger partial charge >= 0.3 is 5.97 Å². The van der Waals surface area contributed by atoms with Crippen molar-refractivity contribution in [1.29, 1.82) is 0 Å². The third-order valence-electron chi connectivity index (χ3n) is 4.46. The molecule has 0 aromatic carbocycles. The van der Waals surface area contributed by atoms with Gasteiger partial charge in [0.15, 0.2) is 0 Å². The van der Waals surface area contributed by atoms with E-state index in [-0.39, 0.29) is 12.5 Å². The Bertz CT molecular complexity index is 384. The number of aliphatic hydroxyl groups excluding tert-OH is 3. The van der Waals surface area contributed by atoms with Gasteiger partial charge in [-0.3, -0.25) is 4.79 Å². The molecule has 1 fully saturated rings. The summed E-state index contributed by atoms with van der Waals surface area (Å²) < 4.78 is 5.75. The van der Waals surface area contributed by atoms with E-state index in [4.69, 9.17) is 9.84 Å². The van der Waals surface area contributed by atoms with E-state index in [2.05, 4.69) is 0 Å². The minimum atomic E-state index is -0.818. The second-order valence-electron chi connectivity index (χ2n) is 6.57. The summed E-state index contributed by atoms with van der Waals surface area (Å²) in [7, 11) is 0. The van der Waals surface area contributed by atoms with Crippen LogP contribution in [0.1, 0.15) is 64.7 Å². The van der Waals surface area contributed by atoms with Crippen molar-refractivity contribution in [3.05, 3.63) is 12.2 Å². The molecule has 0 unspecified atom stereocenters. The van der Waals surface area contributed by atoms with Crippen LogP contribution in [-0.4, -0.2) is 56.9 Å². The van der Waals surface area contributed by atoms with Gasteiger partial charge in [-0.1, -0.05) is 44.8 Å². The second kappa shape index (κ2) is 11.6. The number of unbranched alkanes of at least 4 members (excludes halogenated alkanes) is 4. The van der Waals surface area contributed by atoms with E-state index in [1.165, 1.54) is 6.08 Å². The summed E-state index contributed by atoms with van der Waals surface area (Å²) in [6, 6.07) is 0. The molecule has 6 nitrogen and oxygen atoms in total. The van der Waals surface area contributed by atoms with Crippen molar-refractivity contribution in [2.24, 2.45) is 0 Å². The number of carboxylic acids is 1. The summed E-state index contributed by atoms with van der Waals surface area (Å²) in [6.07, 6.45) is 6.93. The van der Waals surface area contributed by atoms with Gasteiger partial charge in [0.2, 0.25) is 0 Å². The molecule has 0 amide bonds. The molecular formula is C18H32O6. The van der Waals surface area contributed by atoms with Crippen molar-refractivity contribution in [2.45, 2.75) is 95.2 Å². The minimum absolute atomic E-state index is 0.226. The van der Waals surface area contributed by atoms with Crippen LogP contribution in [0.5, 0.6) is 0 Å². The zero-order chi connectivity index (χ0) is 17.9. The highest BCUT2D eigenvalue weighted by molar-refractivity contribution is 5.66. The lowest BCUT2D eigenvalue weighted by molar-refractivity contribution is -0.137. The molecule has 6 heteroatoms. The first-order valence-electron chi connectivity index (χ1n) is 9.03. The lowest BCUT2D eigenvalue weighted by Gasteiger charge is -2.17. The van der Waals surface area contributed by atoms with E-state index in [1.807, 2.05) is 6.92 Å². The maximum Gasteiger partial charge on any atom is 0.303 e. The van der Waals surface area contributed by atoms with Crippen LogP contribution in [0.25, 0.3) is 0 Å². The molecule has 140 valence electrons. The predicted molar refractivity (Wildman–Crippen MR) is 90.7 cm³/mol. The van der Waals surface area contributed by atoms with Crippen LogP contribution >= 0.6 is 0 Å². The van der Waals surface area contributed by atoms with E-state index in [1.54, 1.807) is 6.08 Å². The Labute approximate surface area is 144 Å². The first-order valence-corrected chi connectivity index (χ1v) is 9.03. The monoisotopic (exact) mass is 344 g/mol. The Morgan fingerprint density at radius 1 is 1.17 bits per heavy atom. The normalized spacial score (nSPS) is 26.8. The van der Waals surface area contributed by atoms with Crippen LogP contribution in [-0.2, 0) is 9.53 Å². The van der Waals surface area contributed by atoms with E-state index >= 15 is 0 Å². The number of hydrogen-bond donors (Lipinski definition) is 4. The largest absolute Gasteiger partial charge is 0.481 e. The summed E-state index contributed by atoms with van der Waals surface area (Å²) >= 11 is 0. The molecule has 0 bridgehead atoms. The van der Waals surface area contributed by atoms with Crippen LogP contribution < -0.4 is 0 Å². The SMILES string of the molecule is CC[C@@H](O)/C=C/[C@H](O)[C@@H]1C[C@H](O)[C@@H](CCCCCCCC(=O)O)O1. The van der Waals surface area contributed by atoms with E-state index < -0.39 is 30.4 Å². The highest BCUT2D eigenvalue weighted by atomic mass is 16.5. The van der Waals surface area contributed by atoms with E-state index in [0.717, 1.165) is 32.1 Å². The number of ether oxygens (including phenoxy) is 1. The maximum atomic E-state index is 10.4. The Kier molecular flexibility index (Phi) is 10.2. The first-order chi connectivity index (χ1) is 11.4. The molecule has 0 aliphatic carbocycles. The fourth-order valence-corrected chi connectivity index (χ4v) is 2.90. The summed E-state index contributed by atoms with van der Waals surface area (Å²) in [6.45, 7) is 1.86. The second-order valence-corrected chi connectivity index (χ2v) is 6.57. The maximum absolute atomic E-state index is 10.4. The van der Waals surface area contributed by atoms with E-state index in [0.29, 0.717) is 19.3 Å². The van der Waals surface area contributed by atoms with Crippen LogP contribution in [0.3, 0.4) is 0 Å². The third kappa shape index (κ3) is 8.24. The number of carbonyl (C=O) groups is 1. The van der Waals surface area contributed by atoms with Crippen molar-refractivity contribution >= 4 is 5.97 Å². The van der Waals surface area contributed by atoms with Gasteiger partial charge in [-0.15, -0.1) is 0 Å². The van der Waals surface area contributed by atoms with Crippen molar-refractivity contribution in [3.63, 3.8) is 0 Å². The average Bonchev–Trinajstić information content (AvgIpc) is 2.92.